The Kier molecular flexibility index (Phi) is 3.85. The smallest absolute Gasteiger partial charge is 0.329 e. The van der Waals surface area contributed by atoms with Crippen LogP contribution in [0.1, 0.15) is 51.9 Å². The molecule has 5 nitrogen and oxygen atoms in total. The highest BCUT2D eigenvalue weighted by atomic mass is 16.4. The monoisotopic (exact) mass is 268 g/mol. The van der Waals surface area contributed by atoms with Crippen molar-refractivity contribution in [2.45, 2.75) is 57.4 Å². The fraction of sp³-hybridized carbons (Fsp3) is 0.857. The Morgan fingerprint density at radius 1 is 1.16 bits per heavy atom. The lowest BCUT2D eigenvalue weighted by Gasteiger charge is -2.42. The summed E-state index contributed by atoms with van der Waals surface area (Å²) < 4.78 is 0. The predicted octanol–water partition coefficient (Wildman–Crippen LogP) is 1.36. The first kappa shape index (κ1) is 14.3. The normalized spacial score (nSPS) is 30.3. The topological polar surface area (TPSA) is 83.6 Å². The second-order valence-corrected chi connectivity index (χ2v) is 6.18. The van der Waals surface area contributed by atoms with E-state index in [1.807, 2.05) is 0 Å². The molecular weight excluding hydrogens is 244 g/mol. The van der Waals surface area contributed by atoms with Crippen molar-refractivity contribution in [3.63, 3.8) is 0 Å². The van der Waals surface area contributed by atoms with Crippen LogP contribution >= 0.6 is 0 Å². The lowest BCUT2D eigenvalue weighted by Crippen LogP contribution is -2.57. The zero-order valence-corrected chi connectivity index (χ0v) is 11.7. The van der Waals surface area contributed by atoms with Crippen LogP contribution in [0.25, 0.3) is 0 Å². The maximum absolute atomic E-state index is 12.9. The summed E-state index contributed by atoms with van der Waals surface area (Å²) >= 11 is 0. The molecule has 2 rings (SSSR count). The van der Waals surface area contributed by atoms with Crippen LogP contribution in [0.2, 0.25) is 0 Å². The van der Waals surface area contributed by atoms with E-state index in [4.69, 9.17) is 5.73 Å². The molecule has 0 aromatic rings. The molecule has 1 aliphatic carbocycles. The number of carbonyl (C=O) groups excluding carboxylic acids is 1. The van der Waals surface area contributed by atoms with Crippen LogP contribution in [0.15, 0.2) is 0 Å². The molecule has 1 saturated carbocycles. The van der Waals surface area contributed by atoms with Gasteiger partial charge in [0.05, 0.1) is 5.41 Å². The SMILES string of the molecule is CC1(C(=O)O)CCCN1C(=O)C1(CN)CCCCC1. The standard InChI is InChI=1S/C14H24N2O3/c1-13(12(18)19)6-5-9-16(13)11(17)14(10-15)7-3-2-4-8-14/h2-10,15H2,1H3,(H,18,19). The van der Waals surface area contributed by atoms with Crippen molar-refractivity contribution < 1.29 is 14.7 Å². The van der Waals surface area contributed by atoms with Crippen LogP contribution in [0.3, 0.4) is 0 Å². The van der Waals surface area contributed by atoms with Gasteiger partial charge < -0.3 is 15.7 Å². The molecule has 1 aliphatic heterocycles. The van der Waals surface area contributed by atoms with E-state index in [-0.39, 0.29) is 5.91 Å². The lowest BCUT2D eigenvalue weighted by molar-refractivity contribution is -0.160. The van der Waals surface area contributed by atoms with Crippen LogP contribution in [0.4, 0.5) is 0 Å². The first-order valence-electron chi connectivity index (χ1n) is 7.22. The Morgan fingerprint density at radius 3 is 2.32 bits per heavy atom. The number of carboxylic acid groups (broad SMARTS) is 1. The van der Waals surface area contributed by atoms with Gasteiger partial charge in [0.2, 0.25) is 5.91 Å². The first-order chi connectivity index (χ1) is 8.96. The number of nitrogens with zero attached hydrogens (tertiary/aromatic N) is 1. The Balaban J connectivity index is 2.24. The van der Waals surface area contributed by atoms with E-state index in [1.165, 1.54) is 0 Å². The third kappa shape index (κ3) is 2.24. The highest BCUT2D eigenvalue weighted by molar-refractivity contribution is 5.90. The molecule has 1 amide bonds. The average molecular weight is 268 g/mol. The number of hydrogen-bond acceptors (Lipinski definition) is 3. The largest absolute Gasteiger partial charge is 0.480 e. The molecule has 0 aromatic carbocycles. The number of rotatable bonds is 3. The average Bonchev–Trinajstić information content (AvgIpc) is 2.82. The molecule has 0 bridgehead atoms. The molecule has 19 heavy (non-hydrogen) atoms. The summed E-state index contributed by atoms with van der Waals surface area (Å²) in [6.07, 6.45) is 6.07. The number of amides is 1. The summed E-state index contributed by atoms with van der Waals surface area (Å²) in [7, 11) is 0. The van der Waals surface area contributed by atoms with Gasteiger partial charge in [0.1, 0.15) is 5.54 Å². The molecule has 1 unspecified atom stereocenters. The number of aliphatic carboxylic acids is 1. The second kappa shape index (κ2) is 5.12. The second-order valence-electron chi connectivity index (χ2n) is 6.18. The fourth-order valence-corrected chi connectivity index (χ4v) is 3.53. The molecule has 5 heteroatoms. The zero-order valence-electron chi connectivity index (χ0n) is 11.7. The van der Waals surface area contributed by atoms with Crippen molar-refractivity contribution in [1.29, 1.82) is 0 Å². The van der Waals surface area contributed by atoms with Crippen molar-refractivity contribution >= 4 is 11.9 Å². The van der Waals surface area contributed by atoms with Gasteiger partial charge in [0, 0.05) is 13.1 Å². The highest BCUT2D eigenvalue weighted by Crippen LogP contribution is 2.41. The van der Waals surface area contributed by atoms with E-state index in [1.54, 1.807) is 11.8 Å². The van der Waals surface area contributed by atoms with Gasteiger partial charge in [-0.2, -0.15) is 0 Å². The summed E-state index contributed by atoms with van der Waals surface area (Å²) in [4.78, 5) is 25.9. The minimum atomic E-state index is -1.04. The Hall–Kier alpha value is -1.10. The van der Waals surface area contributed by atoms with E-state index in [0.717, 1.165) is 38.5 Å². The molecule has 0 spiro atoms. The maximum atomic E-state index is 12.9. The van der Waals surface area contributed by atoms with Crippen LogP contribution < -0.4 is 5.73 Å². The highest BCUT2D eigenvalue weighted by Gasteiger charge is 2.51. The van der Waals surface area contributed by atoms with E-state index in [0.29, 0.717) is 19.5 Å². The van der Waals surface area contributed by atoms with Crippen LogP contribution in [0.5, 0.6) is 0 Å². The lowest BCUT2D eigenvalue weighted by atomic mass is 9.72. The van der Waals surface area contributed by atoms with Crippen molar-refractivity contribution in [2.75, 3.05) is 13.1 Å². The van der Waals surface area contributed by atoms with Gasteiger partial charge in [-0.25, -0.2) is 4.79 Å². The van der Waals surface area contributed by atoms with Crippen LogP contribution in [-0.2, 0) is 9.59 Å². The molecule has 1 atom stereocenters. The molecule has 0 radical (unpaired) electrons. The van der Waals surface area contributed by atoms with Crippen molar-refractivity contribution in [1.82, 2.24) is 4.90 Å². The van der Waals surface area contributed by atoms with Crippen molar-refractivity contribution in [3.8, 4) is 0 Å². The van der Waals surface area contributed by atoms with E-state index < -0.39 is 16.9 Å². The molecular formula is C14H24N2O3. The van der Waals surface area contributed by atoms with Gasteiger partial charge in [0.15, 0.2) is 0 Å². The summed E-state index contributed by atoms with van der Waals surface area (Å²) in [5, 5.41) is 9.42. The summed E-state index contributed by atoms with van der Waals surface area (Å²) in [6.45, 7) is 2.54. The van der Waals surface area contributed by atoms with Gasteiger partial charge in [-0.05, 0) is 32.6 Å². The van der Waals surface area contributed by atoms with Gasteiger partial charge in [-0.15, -0.1) is 0 Å². The fourth-order valence-electron chi connectivity index (χ4n) is 3.53. The van der Waals surface area contributed by atoms with Crippen molar-refractivity contribution in [3.05, 3.63) is 0 Å². The number of carboxylic acids is 1. The molecule has 108 valence electrons. The molecule has 1 heterocycles. The Labute approximate surface area is 114 Å². The Morgan fingerprint density at radius 2 is 1.79 bits per heavy atom. The van der Waals surface area contributed by atoms with Gasteiger partial charge in [-0.3, -0.25) is 4.79 Å². The zero-order chi connectivity index (χ0) is 14.1. The Bertz CT molecular complexity index is 377. The predicted molar refractivity (Wildman–Crippen MR) is 71.6 cm³/mol. The molecule has 2 aliphatic rings. The molecule has 0 aromatic heterocycles. The third-order valence-electron chi connectivity index (χ3n) is 5.00. The summed E-state index contributed by atoms with van der Waals surface area (Å²) in [5.74, 6) is -0.932. The quantitative estimate of drug-likeness (QED) is 0.809. The van der Waals surface area contributed by atoms with E-state index in [2.05, 4.69) is 0 Å². The van der Waals surface area contributed by atoms with Gasteiger partial charge in [-0.1, -0.05) is 19.3 Å². The molecule has 1 saturated heterocycles. The summed E-state index contributed by atoms with van der Waals surface area (Å²) in [6, 6.07) is 0. The molecule has 3 N–H and O–H groups in total. The third-order valence-corrected chi connectivity index (χ3v) is 5.00. The van der Waals surface area contributed by atoms with Crippen molar-refractivity contribution in [2.24, 2.45) is 11.1 Å². The minimum Gasteiger partial charge on any atom is -0.480 e. The number of hydrogen-bond donors (Lipinski definition) is 2. The number of carbonyl (C=O) groups is 2. The van der Waals surface area contributed by atoms with E-state index in [9.17, 15) is 14.7 Å². The molecule has 2 fully saturated rings. The van der Waals surface area contributed by atoms with Crippen LogP contribution in [0, 0.1) is 5.41 Å². The minimum absolute atomic E-state index is 0.0305. The number of nitrogens with two attached hydrogens (primary N) is 1. The van der Waals surface area contributed by atoms with E-state index >= 15 is 0 Å². The van der Waals surface area contributed by atoms with Crippen LogP contribution in [-0.4, -0.2) is 40.5 Å². The maximum Gasteiger partial charge on any atom is 0.329 e. The van der Waals surface area contributed by atoms with Gasteiger partial charge in [0.25, 0.3) is 0 Å². The number of likely N-dealkylation sites (tertiary alicyclic amines) is 1. The first-order valence-corrected chi connectivity index (χ1v) is 7.22. The van der Waals surface area contributed by atoms with Gasteiger partial charge >= 0.3 is 5.97 Å². The summed E-state index contributed by atoms with van der Waals surface area (Å²) in [5.41, 5.74) is 4.32.